The van der Waals surface area contributed by atoms with E-state index in [0.717, 1.165) is 48.0 Å². The lowest BCUT2D eigenvalue weighted by atomic mass is 9.86. The first kappa shape index (κ1) is 24.3. The Morgan fingerprint density at radius 1 is 1.08 bits per heavy atom. The molecular weight excluding hydrogens is 474 g/mol. The second-order valence-electron chi connectivity index (χ2n) is 9.50. The minimum atomic E-state index is -0.108. The Bertz CT molecular complexity index is 1460. The zero-order chi connectivity index (χ0) is 25.2. The maximum atomic E-state index is 13.9. The van der Waals surface area contributed by atoms with E-state index in [1.54, 1.807) is 23.2 Å². The van der Waals surface area contributed by atoms with Gasteiger partial charge in [-0.3, -0.25) is 14.3 Å². The lowest BCUT2D eigenvalue weighted by Crippen LogP contribution is -2.31. The van der Waals surface area contributed by atoms with Crippen LogP contribution in [0.3, 0.4) is 0 Å². The maximum Gasteiger partial charge on any atom is 0.260 e. The van der Waals surface area contributed by atoms with E-state index in [9.17, 15) is 4.79 Å². The monoisotopic (exact) mass is 503 g/mol. The Morgan fingerprint density at radius 3 is 2.61 bits per heavy atom. The van der Waals surface area contributed by atoms with Gasteiger partial charge in [0.2, 0.25) is 5.95 Å². The summed E-state index contributed by atoms with van der Waals surface area (Å²) in [6.07, 6.45) is 9.13. The summed E-state index contributed by atoms with van der Waals surface area (Å²) < 4.78 is 1.80. The molecule has 0 atom stereocenters. The molecule has 3 N–H and O–H groups in total. The van der Waals surface area contributed by atoms with Gasteiger partial charge in [-0.15, -0.1) is 0 Å². The number of nitrogens with one attached hydrogen (secondary N) is 1. The zero-order valence-electron chi connectivity index (χ0n) is 20.5. The van der Waals surface area contributed by atoms with E-state index in [1.165, 1.54) is 0 Å². The van der Waals surface area contributed by atoms with Crippen molar-refractivity contribution in [2.24, 2.45) is 11.7 Å². The van der Waals surface area contributed by atoms with Crippen molar-refractivity contribution >= 4 is 28.6 Å². The Balaban J connectivity index is 1.61. The second kappa shape index (κ2) is 10.3. The van der Waals surface area contributed by atoms with E-state index in [-0.39, 0.29) is 11.6 Å². The average Bonchev–Trinajstić information content (AvgIpc) is 2.87. The Kier molecular flexibility index (Phi) is 6.98. The molecule has 1 aliphatic rings. The van der Waals surface area contributed by atoms with E-state index >= 15 is 0 Å². The molecule has 0 aliphatic heterocycles. The Morgan fingerprint density at radius 2 is 1.89 bits per heavy atom. The Hall–Kier alpha value is -3.36. The van der Waals surface area contributed by atoms with Crippen molar-refractivity contribution in [1.82, 2.24) is 24.5 Å². The molecule has 0 spiro atoms. The van der Waals surface area contributed by atoms with Crippen LogP contribution in [0.2, 0.25) is 5.02 Å². The number of aromatic nitrogens is 5. The van der Waals surface area contributed by atoms with Gasteiger partial charge in [-0.2, -0.15) is 4.98 Å². The molecule has 1 aliphatic carbocycles. The molecule has 36 heavy (non-hydrogen) atoms. The summed E-state index contributed by atoms with van der Waals surface area (Å²) in [6, 6.07) is 7.73. The molecule has 1 aromatic carbocycles. The number of fused-ring (bicyclic) bond motifs is 1. The maximum absolute atomic E-state index is 13.9. The van der Waals surface area contributed by atoms with Crippen molar-refractivity contribution in [2.75, 3.05) is 11.9 Å². The van der Waals surface area contributed by atoms with Crippen LogP contribution in [0.4, 0.5) is 5.95 Å². The third-order valence-electron chi connectivity index (χ3n) is 6.80. The lowest BCUT2D eigenvalue weighted by Gasteiger charge is -2.27. The van der Waals surface area contributed by atoms with Gasteiger partial charge in [0, 0.05) is 58.6 Å². The highest BCUT2D eigenvalue weighted by molar-refractivity contribution is 6.33. The van der Waals surface area contributed by atoms with Crippen LogP contribution in [0.5, 0.6) is 0 Å². The summed E-state index contributed by atoms with van der Waals surface area (Å²) >= 11 is 6.75. The van der Waals surface area contributed by atoms with Crippen molar-refractivity contribution < 1.29 is 0 Å². The molecule has 5 rings (SSSR count). The number of anilines is 1. The molecular formula is C27H30ClN7O. The van der Waals surface area contributed by atoms with E-state index in [4.69, 9.17) is 22.3 Å². The van der Waals surface area contributed by atoms with E-state index in [0.29, 0.717) is 46.8 Å². The molecule has 0 amide bonds. The number of halogens is 1. The SMILES string of the molecule is CCNc1ncc2cc(-c3ccc(-c4cncc(C)n4)cc3Cl)c(=O)n(CC3CCC(N)CC3)c2n1. The van der Waals surface area contributed by atoms with Gasteiger partial charge < -0.3 is 11.1 Å². The fourth-order valence-corrected chi connectivity index (χ4v) is 5.17. The zero-order valence-corrected chi connectivity index (χ0v) is 21.3. The van der Waals surface area contributed by atoms with Crippen LogP contribution in [0.25, 0.3) is 33.4 Å². The predicted octanol–water partition coefficient (Wildman–Crippen LogP) is 4.83. The summed E-state index contributed by atoms with van der Waals surface area (Å²) in [7, 11) is 0. The van der Waals surface area contributed by atoms with Crippen molar-refractivity contribution in [3.63, 3.8) is 0 Å². The predicted molar refractivity (Wildman–Crippen MR) is 144 cm³/mol. The minimum absolute atomic E-state index is 0.108. The summed E-state index contributed by atoms with van der Waals surface area (Å²) in [5.74, 6) is 0.884. The lowest BCUT2D eigenvalue weighted by molar-refractivity contribution is 0.295. The third kappa shape index (κ3) is 4.96. The fraction of sp³-hybridized carbons (Fsp3) is 0.370. The molecule has 4 aromatic rings. The molecule has 0 bridgehead atoms. The van der Waals surface area contributed by atoms with Crippen LogP contribution in [0.1, 0.15) is 38.3 Å². The third-order valence-corrected chi connectivity index (χ3v) is 7.12. The summed E-state index contributed by atoms with van der Waals surface area (Å²) in [5.41, 5.74) is 10.3. The molecule has 8 nitrogen and oxygen atoms in total. The van der Waals surface area contributed by atoms with Crippen LogP contribution >= 0.6 is 11.6 Å². The topological polar surface area (TPSA) is 112 Å². The molecule has 0 unspecified atom stereocenters. The number of rotatable bonds is 6. The normalized spacial score (nSPS) is 17.9. The van der Waals surface area contributed by atoms with Gasteiger partial charge in [0.05, 0.1) is 17.6 Å². The van der Waals surface area contributed by atoms with Crippen LogP contribution in [-0.4, -0.2) is 37.1 Å². The van der Waals surface area contributed by atoms with Crippen molar-refractivity contribution in [2.45, 2.75) is 52.1 Å². The standard InChI is InChI=1S/C27H30ClN7O/c1-3-31-27-32-13-19-10-22(21-9-6-18(11-23(21)28)24-14-30-12-16(2)33-24)26(36)35(25(19)34-27)15-17-4-7-20(29)8-5-17/h6,9-14,17,20H,3-5,7-8,15,29H2,1-2H3,(H,31,32,34). The van der Waals surface area contributed by atoms with Crippen molar-refractivity contribution in [3.8, 4) is 22.4 Å². The number of pyridine rings is 1. The summed E-state index contributed by atoms with van der Waals surface area (Å²) in [6.45, 7) is 5.17. The molecule has 3 heterocycles. The first-order chi connectivity index (χ1) is 17.4. The quantitative estimate of drug-likeness (QED) is 0.387. The largest absolute Gasteiger partial charge is 0.354 e. The summed E-state index contributed by atoms with van der Waals surface area (Å²) in [4.78, 5) is 31.8. The molecule has 186 valence electrons. The Labute approximate surface area is 215 Å². The van der Waals surface area contributed by atoms with Gasteiger partial charge in [0.15, 0.2) is 0 Å². The van der Waals surface area contributed by atoms with E-state index in [2.05, 4.69) is 20.3 Å². The van der Waals surface area contributed by atoms with Gasteiger partial charge in [0.1, 0.15) is 5.65 Å². The van der Waals surface area contributed by atoms with Crippen molar-refractivity contribution in [1.29, 1.82) is 0 Å². The smallest absolute Gasteiger partial charge is 0.260 e. The molecule has 1 saturated carbocycles. The highest BCUT2D eigenvalue weighted by Crippen LogP contribution is 2.32. The first-order valence-corrected chi connectivity index (χ1v) is 12.8. The van der Waals surface area contributed by atoms with Gasteiger partial charge in [0.25, 0.3) is 5.56 Å². The highest BCUT2D eigenvalue weighted by atomic mass is 35.5. The fourth-order valence-electron chi connectivity index (χ4n) is 4.89. The number of hydrogen-bond donors (Lipinski definition) is 2. The molecule has 9 heteroatoms. The van der Waals surface area contributed by atoms with Gasteiger partial charge in [-0.1, -0.05) is 23.7 Å². The van der Waals surface area contributed by atoms with Gasteiger partial charge >= 0.3 is 0 Å². The molecule has 1 fully saturated rings. The number of nitrogens with two attached hydrogens (primary N) is 1. The number of aryl methyl sites for hydroxylation is 1. The molecule has 0 radical (unpaired) electrons. The van der Waals surface area contributed by atoms with E-state index < -0.39 is 0 Å². The van der Waals surface area contributed by atoms with Crippen LogP contribution in [0.15, 0.2) is 47.7 Å². The average molecular weight is 504 g/mol. The van der Waals surface area contributed by atoms with Gasteiger partial charge in [-0.05, 0) is 57.6 Å². The minimum Gasteiger partial charge on any atom is -0.354 e. The van der Waals surface area contributed by atoms with Crippen LogP contribution < -0.4 is 16.6 Å². The first-order valence-electron chi connectivity index (χ1n) is 12.4. The van der Waals surface area contributed by atoms with Gasteiger partial charge in [-0.25, -0.2) is 9.97 Å². The van der Waals surface area contributed by atoms with Crippen LogP contribution in [-0.2, 0) is 6.54 Å². The second-order valence-corrected chi connectivity index (χ2v) is 9.90. The number of benzene rings is 1. The highest BCUT2D eigenvalue weighted by Gasteiger charge is 2.22. The van der Waals surface area contributed by atoms with Crippen LogP contribution in [0, 0.1) is 12.8 Å². The summed E-state index contributed by atoms with van der Waals surface area (Å²) in [5, 5.41) is 4.42. The molecule has 0 saturated heterocycles. The molecule has 3 aromatic heterocycles. The number of hydrogen-bond acceptors (Lipinski definition) is 7. The number of nitrogens with zero attached hydrogens (tertiary/aromatic N) is 5. The van der Waals surface area contributed by atoms with Crippen molar-refractivity contribution in [3.05, 3.63) is 63.9 Å². The van der Waals surface area contributed by atoms with E-state index in [1.807, 2.05) is 38.1 Å².